The molecule has 0 saturated carbocycles. The lowest BCUT2D eigenvalue weighted by Crippen LogP contribution is -2.32. The Morgan fingerprint density at radius 1 is 0.944 bits per heavy atom. The molecule has 0 aromatic heterocycles. The number of hydrogen-bond donors (Lipinski definition) is 1. The van der Waals surface area contributed by atoms with Gasteiger partial charge in [0, 0.05) is 24.5 Å². The van der Waals surface area contributed by atoms with Crippen molar-refractivity contribution in [2.75, 3.05) is 23.3 Å². The Kier molecular flexibility index (Phi) is 11.0. The zero-order chi connectivity index (χ0) is 27.1. The lowest BCUT2D eigenvalue weighted by atomic mass is 10.1. The lowest BCUT2D eigenvalue weighted by molar-refractivity contribution is -0.199. The molecule has 0 amide bonds. The van der Waals surface area contributed by atoms with E-state index in [1.54, 1.807) is 27.7 Å². The van der Waals surface area contributed by atoms with Crippen LogP contribution in [0.1, 0.15) is 52.9 Å². The zero-order valence-corrected chi connectivity index (χ0v) is 23.0. The highest BCUT2D eigenvalue weighted by Crippen LogP contribution is 2.62. The van der Waals surface area contributed by atoms with Crippen LogP contribution in [-0.4, -0.2) is 37.0 Å². The monoisotopic (exact) mass is 550 g/mol. The van der Waals surface area contributed by atoms with Crippen molar-refractivity contribution in [1.82, 2.24) is 0 Å². The minimum absolute atomic E-state index is 0.283. The summed E-state index contributed by atoms with van der Waals surface area (Å²) >= 11 is 4.85. The second-order valence-corrected chi connectivity index (χ2v) is 11.0. The number of rotatable bonds is 14. The number of nitrogens with one attached hydrogen (secondary N) is 1. The molecule has 0 radical (unpaired) electrons. The maximum atomic E-state index is 14.1. The molecule has 0 aliphatic heterocycles. The molecular weight excluding hydrogens is 516 g/mol. The smallest absolute Gasteiger partial charge is 0.429 e. The maximum absolute atomic E-state index is 14.1. The van der Waals surface area contributed by atoms with Crippen LogP contribution in [-0.2, 0) is 13.6 Å². The average molecular weight is 551 g/mol. The van der Waals surface area contributed by atoms with E-state index in [1.807, 2.05) is 24.3 Å². The van der Waals surface area contributed by atoms with Crippen LogP contribution in [0.15, 0.2) is 48.5 Å². The molecule has 1 N–H and O–H groups in total. The number of benzene rings is 2. The Bertz CT molecular complexity index is 974. The first-order valence-corrected chi connectivity index (χ1v) is 13.9. The predicted octanol–water partition coefficient (Wildman–Crippen LogP) is 8.19. The summed E-state index contributed by atoms with van der Waals surface area (Å²) in [7, 11) is -3.78. The van der Waals surface area contributed by atoms with E-state index in [1.165, 1.54) is 24.3 Å². The molecule has 0 fully saturated rings. The van der Waals surface area contributed by atoms with E-state index in [2.05, 4.69) is 28.8 Å². The number of alkyl halides is 4. The first-order valence-electron chi connectivity index (χ1n) is 11.8. The van der Waals surface area contributed by atoms with E-state index >= 15 is 0 Å². The Balaban J connectivity index is 2.44. The van der Waals surface area contributed by atoms with Gasteiger partial charge in [-0.25, -0.2) is 4.39 Å². The van der Waals surface area contributed by atoms with Crippen LogP contribution in [0.3, 0.4) is 0 Å². The highest BCUT2D eigenvalue weighted by Gasteiger charge is 2.42. The molecule has 11 heteroatoms. The highest BCUT2D eigenvalue weighted by molar-refractivity contribution is 7.54. The van der Waals surface area contributed by atoms with Crippen LogP contribution in [0, 0.1) is 0 Å². The van der Waals surface area contributed by atoms with Gasteiger partial charge in [0.15, 0.2) is 5.78 Å². The third-order valence-corrected chi connectivity index (χ3v) is 7.78. The summed E-state index contributed by atoms with van der Waals surface area (Å²) in [5.41, 5.74) is -0.887. The van der Waals surface area contributed by atoms with Crippen LogP contribution >= 0.6 is 19.2 Å². The van der Waals surface area contributed by atoms with E-state index in [0.717, 1.165) is 18.8 Å². The molecule has 0 aliphatic carbocycles. The fourth-order valence-electron chi connectivity index (χ4n) is 3.51. The topological polar surface area (TPSA) is 60.0 Å². The van der Waals surface area contributed by atoms with E-state index in [0.29, 0.717) is 11.3 Å². The van der Waals surface area contributed by atoms with Crippen molar-refractivity contribution in [2.24, 2.45) is 0 Å². The third kappa shape index (κ3) is 8.30. The summed E-state index contributed by atoms with van der Waals surface area (Å²) < 4.78 is 70.0. The average Bonchev–Trinajstić information content (AvgIpc) is 2.78. The van der Waals surface area contributed by atoms with Gasteiger partial charge in [-0.05, 0) is 83.5 Å². The Hall–Kier alpha value is -1.93. The standard InChI is InChI=1S/C25H35ClF3N2O4P/c1-7-31(8-2)21-13-9-19(10-14-21)23(36(32,34-17(3)4)35-18(5)6)30-20-11-15-22(16-12-20)33-25(28,29)24(26)27/h9-18,23-24,30H,7-8H2,1-6H3. The van der Waals surface area contributed by atoms with Gasteiger partial charge in [-0.2, -0.15) is 8.78 Å². The van der Waals surface area contributed by atoms with Crippen molar-refractivity contribution in [3.63, 3.8) is 0 Å². The number of hydrogen-bond acceptors (Lipinski definition) is 6. The Morgan fingerprint density at radius 2 is 1.44 bits per heavy atom. The Morgan fingerprint density at radius 3 is 1.86 bits per heavy atom. The predicted molar refractivity (Wildman–Crippen MR) is 139 cm³/mol. The van der Waals surface area contributed by atoms with Crippen LogP contribution in [0.25, 0.3) is 0 Å². The van der Waals surface area contributed by atoms with Crippen molar-refractivity contribution in [3.05, 3.63) is 54.1 Å². The van der Waals surface area contributed by atoms with Crippen molar-refractivity contribution in [2.45, 2.75) is 71.3 Å². The molecule has 2 atom stereocenters. The second-order valence-electron chi connectivity index (χ2n) is 8.65. The number of nitrogens with zero attached hydrogens (tertiary/aromatic N) is 1. The van der Waals surface area contributed by atoms with E-state index in [9.17, 15) is 17.7 Å². The van der Waals surface area contributed by atoms with Gasteiger partial charge in [0.05, 0.1) is 12.2 Å². The van der Waals surface area contributed by atoms with Gasteiger partial charge in [-0.1, -0.05) is 23.7 Å². The first kappa shape index (κ1) is 30.3. The lowest BCUT2D eigenvalue weighted by Gasteiger charge is -2.31. The van der Waals surface area contributed by atoms with E-state index in [-0.39, 0.29) is 5.75 Å². The van der Waals surface area contributed by atoms with E-state index < -0.39 is 37.3 Å². The van der Waals surface area contributed by atoms with Gasteiger partial charge < -0.3 is 24.0 Å². The van der Waals surface area contributed by atoms with Crippen LogP contribution < -0.4 is 15.0 Å². The molecule has 2 aromatic rings. The van der Waals surface area contributed by atoms with Crippen molar-refractivity contribution in [1.29, 1.82) is 0 Å². The molecule has 2 aromatic carbocycles. The van der Waals surface area contributed by atoms with E-state index in [4.69, 9.17) is 20.6 Å². The van der Waals surface area contributed by atoms with Gasteiger partial charge in [-0.3, -0.25) is 4.57 Å². The molecule has 2 rings (SSSR count). The molecule has 0 bridgehead atoms. The molecule has 202 valence electrons. The van der Waals surface area contributed by atoms with Crippen molar-refractivity contribution in [3.8, 4) is 5.75 Å². The van der Waals surface area contributed by atoms with Crippen LogP contribution in [0.2, 0.25) is 0 Å². The number of anilines is 2. The molecular formula is C25H35ClF3N2O4P. The molecule has 2 unspecified atom stereocenters. The van der Waals surface area contributed by atoms with Crippen LogP contribution in [0.4, 0.5) is 24.5 Å². The summed E-state index contributed by atoms with van der Waals surface area (Å²) in [5.74, 6) is -1.19. The fourth-order valence-corrected chi connectivity index (χ4v) is 5.87. The quantitative estimate of drug-likeness (QED) is 0.189. The minimum atomic E-state index is -4.18. The van der Waals surface area contributed by atoms with Crippen LogP contribution in [0.5, 0.6) is 5.75 Å². The summed E-state index contributed by atoms with van der Waals surface area (Å²) in [6, 6.07) is 12.9. The largest absolute Gasteiger partial charge is 0.444 e. The maximum Gasteiger partial charge on any atom is 0.444 e. The first-order chi connectivity index (χ1) is 16.8. The fraction of sp³-hybridized carbons (Fsp3) is 0.520. The molecule has 36 heavy (non-hydrogen) atoms. The van der Waals surface area contributed by atoms with Gasteiger partial charge in [-0.15, -0.1) is 0 Å². The summed E-state index contributed by atoms with van der Waals surface area (Å²) in [6.45, 7) is 12.8. The molecule has 0 spiro atoms. The molecule has 0 aliphatic rings. The van der Waals surface area contributed by atoms with Crippen molar-refractivity contribution >= 4 is 30.6 Å². The SMILES string of the molecule is CCN(CC)c1ccc(C(Nc2ccc(OC(F)(F)C(F)Cl)cc2)P(=O)(OC(C)C)OC(C)C)cc1. The summed E-state index contributed by atoms with van der Waals surface area (Å²) in [4.78, 5) is 2.18. The van der Waals surface area contributed by atoms with Gasteiger partial charge in [0.25, 0.3) is 5.63 Å². The van der Waals surface area contributed by atoms with Crippen molar-refractivity contribution < 1.29 is 31.5 Å². The normalized spacial score (nSPS) is 14.1. The minimum Gasteiger partial charge on any atom is -0.429 e. The highest BCUT2D eigenvalue weighted by atomic mass is 35.5. The molecule has 6 nitrogen and oxygen atoms in total. The Labute approximate surface area is 216 Å². The third-order valence-electron chi connectivity index (χ3n) is 5.03. The molecule has 0 saturated heterocycles. The molecule has 0 heterocycles. The van der Waals surface area contributed by atoms with Gasteiger partial charge in [0.2, 0.25) is 0 Å². The summed E-state index contributed by atoms with van der Waals surface area (Å²) in [6.07, 6.45) is -4.97. The van der Waals surface area contributed by atoms with Gasteiger partial charge in [0.1, 0.15) is 5.75 Å². The zero-order valence-electron chi connectivity index (χ0n) is 21.4. The number of halogens is 4. The summed E-state index contributed by atoms with van der Waals surface area (Å²) in [5, 5.41) is 3.17. The number of ether oxygens (including phenoxy) is 1. The second kappa shape index (κ2) is 13.0. The van der Waals surface area contributed by atoms with Gasteiger partial charge >= 0.3 is 13.7 Å².